The van der Waals surface area contributed by atoms with Gasteiger partial charge in [0.2, 0.25) is 0 Å². The van der Waals surface area contributed by atoms with Crippen LogP contribution in [0.25, 0.3) is 0 Å². The third kappa shape index (κ3) is 3.86. The van der Waals surface area contributed by atoms with Crippen LogP contribution in [0.4, 0.5) is 4.39 Å². The van der Waals surface area contributed by atoms with Crippen LogP contribution in [0.2, 0.25) is 0 Å². The van der Waals surface area contributed by atoms with Crippen molar-refractivity contribution in [2.24, 2.45) is 0 Å². The summed E-state index contributed by atoms with van der Waals surface area (Å²) in [4.78, 5) is 4.96. The zero-order valence-electron chi connectivity index (χ0n) is 13.5. The normalized spacial score (nSPS) is 24.8. The van der Waals surface area contributed by atoms with Crippen LogP contribution in [-0.2, 0) is 11.3 Å². The van der Waals surface area contributed by atoms with Crippen molar-refractivity contribution < 1.29 is 9.13 Å². The minimum atomic E-state index is -0.0811. The molecular formula is C18H27FN2O. The van der Waals surface area contributed by atoms with E-state index in [1.807, 2.05) is 12.1 Å². The molecule has 2 aliphatic rings. The van der Waals surface area contributed by atoms with E-state index in [4.69, 9.17) is 4.74 Å². The van der Waals surface area contributed by atoms with Gasteiger partial charge in [-0.3, -0.25) is 9.80 Å². The lowest BCUT2D eigenvalue weighted by Crippen LogP contribution is -2.50. The summed E-state index contributed by atoms with van der Waals surface area (Å²) >= 11 is 0. The molecule has 3 rings (SSSR count). The molecule has 0 spiro atoms. The van der Waals surface area contributed by atoms with Crippen LogP contribution in [0.1, 0.15) is 31.2 Å². The standard InChI is InChI=1S/C18H27FN2O/c1-20(16-8-11-22-12-9-16)17-6-4-10-21(14-17)13-15-5-2-3-7-18(15)19/h2-3,5,7,16-17H,4,6,8-14H2,1H3. The van der Waals surface area contributed by atoms with Crippen molar-refractivity contribution in [3.63, 3.8) is 0 Å². The quantitative estimate of drug-likeness (QED) is 0.851. The number of hydrogen-bond acceptors (Lipinski definition) is 3. The number of halogens is 1. The summed E-state index contributed by atoms with van der Waals surface area (Å²) in [7, 11) is 2.26. The first kappa shape index (κ1) is 15.9. The van der Waals surface area contributed by atoms with Crippen LogP contribution in [0, 0.1) is 5.82 Å². The van der Waals surface area contributed by atoms with Crippen LogP contribution in [0.3, 0.4) is 0 Å². The summed E-state index contributed by atoms with van der Waals surface area (Å²) in [6.45, 7) is 4.63. The van der Waals surface area contributed by atoms with Crippen molar-refractivity contribution in [3.05, 3.63) is 35.6 Å². The summed E-state index contributed by atoms with van der Waals surface area (Å²) in [6, 6.07) is 8.38. The molecule has 1 aromatic carbocycles. The average Bonchev–Trinajstić information content (AvgIpc) is 2.57. The zero-order valence-corrected chi connectivity index (χ0v) is 13.5. The molecule has 0 N–H and O–H groups in total. The summed E-state index contributed by atoms with van der Waals surface area (Å²) in [5, 5.41) is 0. The fourth-order valence-corrected chi connectivity index (χ4v) is 3.77. The van der Waals surface area contributed by atoms with Crippen LogP contribution in [0.15, 0.2) is 24.3 Å². The van der Waals surface area contributed by atoms with Gasteiger partial charge < -0.3 is 4.74 Å². The summed E-state index contributed by atoms with van der Waals surface area (Å²) < 4.78 is 19.3. The maximum absolute atomic E-state index is 13.8. The maximum Gasteiger partial charge on any atom is 0.127 e. The first-order valence-electron chi connectivity index (χ1n) is 8.49. The summed E-state index contributed by atoms with van der Waals surface area (Å²) in [5.41, 5.74) is 0.817. The van der Waals surface area contributed by atoms with E-state index in [0.29, 0.717) is 12.1 Å². The van der Waals surface area contributed by atoms with Crippen LogP contribution >= 0.6 is 0 Å². The molecule has 2 heterocycles. The monoisotopic (exact) mass is 306 g/mol. The Bertz CT molecular complexity index is 476. The van der Waals surface area contributed by atoms with E-state index in [9.17, 15) is 4.39 Å². The number of likely N-dealkylation sites (tertiary alicyclic amines) is 1. The van der Waals surface area contributed by atoms with Gasteiger partial charge in [0.1, 0.15) is 5.82 Å². The van der Waals surface area contributed by atoms with Crippen molar-refractivity contribution in [2.45, 2.75) is 44.3 Å². The molecule has 0 saturated carbocycles. The Hall–Kier alpha value is -0.970. The van der Waals surface area contributed by atoms with Crippen molar-refractivity contribution >= 4 is 0 Å². The molecule has 22 heavy (non-hydrogen) atoms. The van der Waals surface area contributed by atoms with Gasteiger partial charge in [0, 0.05) is 44.0 Å². The minimum Gasteiger partial charge on any atom is -0.381 e. The highest BCUT2D eigenvalue weighted by molar-refractivity contribution is 5.17. The molecule has 1 unspecified atom stereocenters. The molecule has 1 aromatic rings. The number of hydrogen-bond donors (Lipinski definition) is 0. The molecule has 1 atom stereocenters. The van der Waals surface area contributed by atoms with Crippen LogP contribution in [0.5, 0.6) is 0 Å². The first-order valence-corrected chi connectivity index (χ1v) is 8.49. The van der Waals surface area contributed by atoms with Gasteiger partial charge in [0.25, 0.3) is 0 Å². The van der Waals surface area contributed by atoms with Crippen molar-refractivity contribution in [1.82, 2.24) is 9.80 Å². The minimum absolute atomic E-state index is 0.0811. The van der Waals surface area contributed by atoms with E-state index >= 15 is 0 Å². The Morgan fingerprint density at radius 2 is 1.95 bits per heavy atom. The number of piperidine rings is 1. The second-order valence-corrected chi connectivity index (χ2v) is 6.63. The first-order chi connectivity index (χ1) is 10.7. The smallest absolute Gasteiger partial charge is 0.127 e. The molecule has 4 heteroatoms. The molecule has 0 bridgehead atoms. The van der Waals surface area contributed by atoms with Gasteiger partial charge in [-0.2, -0.15) is 0 Å². The van der Waals surface area contributed by atoms with E-state index in [1.54, 1.807) is 12.1 Å². The van der Waals surface area contributed by atoms with E-state index in [2.05, 4.69) is 16.8 Å². The number of nitrogens with zero attached hydrogens (tertiary/aromatic N) is 2. The lowest BCUT2D eigenvalue weighted by Gasteiger charge is -2.42. The fourth-order valence-electron chi connectivity index (χ4n) is 3.77. The predicted molar refractivity (Wildman–Crippen MR) is 86.3 cm³/mol. The highest BCUT2D eigenvalue weighted by Gasteiger charge is 2.28. The molecule has 0 aliphatic carbocycles. The van der Waals surface area contributed by atoms with Gasteiger partial charge in [0.05, 0.1) is 0 Å². The topological polar surface area (TPSA) is 15.7 Å². The second-order valence-electron chi connectivity index (χ2n) is 6.63. The summed E-state index contributed by atoms with van der Waals surface area (Å²) in [5.74, 6) is -0.0811. The Morgan fingerprint density at radius 3 is 2.73 bits per heavy atom. The predicted octanol–water partition coefficient (Wildman–Crippen LogP) is 2.90. The molecule has 3 nitrogen and oxygen atoms in total. The van der Waals surface area contributed by atoms with Crippen LogP contribution in [-0.4, -0.2) is 55.2 Å². The Morgan fingerprint density at radius 1 is 1.18 bits per heavy atom. The fraction of sp³-hybridized carbons (Fsp3) is 0.667. The highest BCUT2D eigenvalue weighted by Crippen LogP contribution is 2.23. The average molecular weight is 306 g/mol. The molecule has 0 aromatic heterocycles. The van der Waals surface area contributed by atoms with E-state index in [1.165, 1.54) is 12.8 Å². The van der Waals surface area contributed by atoms with E-state index < -0.39 is 0 Å². The molecule has 122 valence electrons. The molecular weight excluding hydrogens is 279 g/mol. The third-order valence-corrected chi connectivity index (χ3v) is 5.18. The lowest BCUT2D eigenvalue weighted by molar-refractivity contribution is 0.0108. The molecule has 2 fully saturated rings. The molecule has 0 amide bonds. The Balaban J connectivity index is 1.58. The number of benzene rings is 1. The summed E-state index contributed by atoms with van der Waals surface area (Å²) in [6.07, 6.45) is 4.73. The maximum atomic E-state index is 13.8. The van der Waals surface area contributed by atoms with Gasteiger partial charge in [-0.15, -0.1) is 0 Å². The number of ether oxygens (including phenoxy) is 1. The van der Waals surface area contributed by atoms with Crippen molar-refractivity contribution in [3.8, 4) is 0 Å². The number of rotatable bonds is 4. The third-order valence-electron chi connectivity index (χ3n) is 5.18. The largest absolute Gasteiger partial charge is 0.381 e. The van der Waals surface area contributed by atoms with Gasteiger partial charge in [-0.1, -0.05) is 18.2 Å². The Labute approximate surface area is 133 Å². The zero-order chi connectivity index (χ0) is 15.4. The number of likely N-dealkylation sites (N-methyl/N-ethyl adjacent to an activating group) is 1. The lowest BCUT2D eigenvalue weighted by atomic mass is 9.99. The molecule has 0 radical (unpaired) electrons. The van der Waals surface area contributed by atoms with Gasteiger partial charge in [0.15, 0.2) is 0 Å². The highest BCUT2D eigenvalue weighted by atomic mass is 19.1. The van der Waals surface area contributed by atoms with E-state index in [0.717, 1.165) is 51.3 Å². The van der Waals surface area contributed by atoms with Crippen molar-refractivity contribution in [1.29, 1.82) is 0 Å². The van der Waals surface area contributed by atoms with Gasteiger partial charge >= 0.3 is 0 Å². The SMILES string of the molecule is CN(C1CCOCC1)C1CCCN(Cc2ccccc2F)C1. The molecule has 2 aliphatic heterocycles. The van der Waals surface area contributed by atoms with Gasteiger partial charge in [-0.25, -0.2) is 4.39 Å². The van der Waals surface area contributed by atoms with Gasteiger partial charge in [-0.05, 0) is 45.3 Å². The van der Waals surface area contributed by atoms with Crippen LogP contribution < -0.4 is 0 Å². The second kappa shape index (κ2) is 7.53. The molecule has 2 saturated heterocycles. The Kier molecular flexibility index (Phi) is 5.45. The van der Waals surface area contributed by atoms with E-state index in [-0.39, 0.29) is 5.82 Å². The van der Waals surface area contributed by atoms with Crippen molar-refractivity contribution in [2.75, 3.05) is 33.4 Å².